The van der Waals surface area contributed by atoms with E-state index in [1.165, 1.54) is 60.9 Å². The average molecular weight is 740 g/mol. The summed E-state index contributed by atoms with van der Waals surface area (Å²) in [4.78, 5) is 4.88. The van der Waals surface area contributed by atoms with Gasteiger partial charge in [-0.05, 0) is 108 Å². The number of hydrogen-bond donors (Lipinski definition) is 0. The summed E-state index contributed by atoms with van der Waals surface area (Å²) in [6.45, 7) is 27.3. The molecule has 56 heavy (non-hydrogen) atoms. The van der Waals surface area contributed by atoms with E-state index in [1.54, 1.807) is 0 Å². The summed E-state index contributed by atoms with van der Waals surface area (Å²) in [6, 6.07) is 37.2. The van der Waals surface area contributed by atoms with Gasteiger partial charge in [-0.2, -0.15) is 9.13 Å². The van der Waals surface area contributed by atoms with Gasteiger partial charge in [0.25, 0.3) is 6.33 Å². The van der Waals surface area contributed by atoms with Gasteiger partial charge in [0.15, 0.2) is 11.0 Å². The minimum Gasteiger partial charge on any atom is -0.457 e. The zero-order chi connectivity index (χ0) is 39.9. The summed E-state index contributed by atoms with van der Waals surface area (Å²) in [5.41, 5.74) is 14.4. The van der Waals surface area contributed by atoms with Gasteiger partial charge in [0, 0.05) is 34.7 Å². The molecule has 5 nitrogen and oxygen atoms in total. The first-order valence-corrected chi connectivity index (χ1v) is 19.9. The van der Waals surface area contributed by atoms with Crippen molar-refractivity contribution in [2.24, 2.45) is 0 Å². The van der Waals surface area contributed by atoms with Crippen LogP contribution >= 0.6 is 0 Å². The van der Waals surface area contributed by atoms with Gasteiger partial charge in [0.1, 0.15) is 28.7 Å². The number of ether oxygens (including phenoxy) is 1. The van der Waals surface area contributed by atoms with Crippen LogP contribution in [0.1, 0.15) is 95.7 Å². The molecule has 0 saturated heterocycles. The van der Waals surface area contributed by atoms with Crippen molar-refractivity contribution < 1.29 is 9.30 Å². The smallest absolute Gasteiger partial charge is 0.255 e. The number of aromatic nitrogens is 4. The molecule has 0 N–H and O–H groups in total. The quantitative estimate of drug-likeness (QED) is 0.165. The van der Waals surface area contributed by atoms with Crippen LogP contribution in [0.25, 0.3) is 50.0 Å². The number of aryl methyl sites for hydroxylation is 3. The van der Waals surface area contributed by atoms with E-state index in [9.17, 15) is 0 Å². The summed E-state index contributed by atoms with van der Waals surface area (Å²) in [6.07, 6.45) is 4.20. The Morgan fingerprint density at radius 2 is 1.25 bits per heavy atom. The molecule has 0 atom stereocenters. The lowest BCUT2D eigenvalue weighted by molar-refractivity contribution is -0.569. The van der Waals surface area contributed by atoms with Crippen LogP contribution in [0.4, 0.5) is 0 Å². The standard InChI is InChI=1S/C51H55N4O/c1-32-24-33(2)47(34(3)25-32)54-31-53(45-27-36(50(7,8)9)26-42(48(45)54)51(10,11)12)37-16-15-17-38(29-37)56-39-20-21-41-40-18-13-14-19-43(40)55(44(41)30-39)46-28-35(22-23-52-46)49(4,5)6/h13-31H,1-12H3/q+1. The van der Waals surface area contributed by atoms with Gasteiger partial charge in [0.05, 0.1) is 11.0 Å². The van der Waals surface area contributed by atoms with E-state index >= 15 is 0 Å². The maximum Gasteiger partial charge on any atom is 0.255 e. The van der Waals surface area contributed by atoms with Gasteiger partial charge in [-0.25, -0.2) is 4.98 Å². The monoisotopic (exact) mass is 739 g/mol. The van der Waals surface area contributed by atoms with Crippen molar-refractivity contribution >= 4 is 32.8 Å². The van der Waals surface area contributed by atoms with Crippen molar-refractivity contribution in [1.82, 2.24) is 14.1 Å². The fourth-order valence-corrected chi connectivity index (χ4v) is 8.32. The van der Waals surface area contributed by atoms with E-state index < -0.39 is 0 Å². The highest BCUT2D eigenvalue weighted by atomic mass is 16.5. The number of benzene rings is 5. The molecule has 0 bridgehead atoms. The Hall–Kier alpha value is -5.68. The molecule has 0 amide bonds. The third-order valence-corrected chi connectivity index (χ3v) is 11.2. The molecule has 0 radical (unpaired) electrons. The topological polar surface area (TPSA) is 35.9 Å². The van der Waals surface area contributed by atoms with Gasteiger partial charge in [-0.1, -0.05) is 110 Å². The van der Waals surface area contributed by atoms with Crippen LogP contribution in [0.2, 0.25) is 0 Å². The second-order valence-electron chi connectivity index (χ2n) is 18.8. The molecule has 284 valence electrons. The van der Waals surface area contributed by atoms with Crippen LogP contribution in [-0.2, 0) is 16.2 Å². The fourth-order valence-electron chi connectivity index (χ4n) is 8.32. The number of hydrogen-bond acceptors (Lipinski definition) is 2. The van der Waals surface area contributed by atoms with Gasteiger partial charge >= 0.3 is 0 Å². The first kappa shape index (κ1) is 37.3. The average Bonchev–Trinajstić information content (AvgIpc) is 3.66. The molecule has 0 fully saturated rings. The predicted octanol–water partition coefficient (Wildman–Crippen LogP) is 13.0. The van der Waals surface area contributed by atoms with Crippen LogP contribution in [0.3, 0.4) is 0 Å². The van der Waals surface area contributed by atoms with E-state index in [0.717, 1.165) is 34.0 Å². The Kier molecular flexibility index (Phi) is 8.80. The van der Waals surface area contributed by atoms with Crippen molar-refractivity contribution in [1.29, 1.82) is 0 Å². The second-order valence-corrected chi connectivity index (χ2v) is 18.8. The lowest BCUT2D eigenvalue weighted by Crippen LogP contribution is -2.34. The van der Waals surface area contributed by atoms with Gasteiger partial charge < -0.3 is 4.74 Å². The van der Waals surface area contributed by atoms with Crippen LogP contribution in [0.5, 0.6) is 11.5 Å². The lowest BCUT2D eigenvalue weighted by Gasteiger charge is -2.25. The maximum atomic E-state index is 6.77. The minimum atomic E-state index is -0.0877. The second kappa shape index (κ2) is 13.2. The van der Waals surface area contributed by atoms with Crippen LogP contribution in [-0.4, -0.2) is 14.1 Å². The zero-order valence-electron chi connectivity index (χ0n) is 35.2. The first-order valence-electron chi connectivity index (χ1n) is 19.9. The Balaban J connectivity index is 1.29. The number of fused-ring (bicyclic) bond motifs is 4. The number of rotatable bonds is 5. The number of pyridine rings is 1. The molecule has 5 aromatic carbocycles. The fraction of sp³-hybridized carbons (Fsp3) is 0.294. The highest BCUT2D eigenvalue weighted by molar-refractivity contribution is 6.09. The predicted molar refractivity (Wildman–Crippen MR) is 234 cm³/mol. The van der Waals surface area contributed by atoms with Crippen LogP contribution in [0.15, 0.2) is 116 Å². The SMILES string of the molecule is Cc1cc(C)c(-[n+]2cn(-c3cccc(Oc4ccc5c6ccccc6n(-c6cc(C(C)(C)C)ccn6)c5c4)c3)c3cc(C(C)(C)C)cc(C(C)(C)C)c32)c(C)c1. The third kappa shape index (κ3) is 6.57. The minimum absolute atomic E-state index is 0.000469. The van der Waals surface area contributed by atoms with E-state index in [1.807, 2.05) is 12.3 Å². The number of imidazole rings is 1. The Bertz CT molecular complexity index is 2790. The van der Waals surface area contributed by atoms with E-state index in [-0.39, 0.29) is 16.2 Å². The Morgan fingerprint density at radius 3 is 1.95 bits per heavy atom. The summed E-state index contributed by atoms with van der Waals surface area (Å²) >= 11 is 0. The molecule has 0 saturated carbocycles. The zero-order valence-corrected chi connectivity index (χ0v) is 35.2. The molecular weight excluding hydrogens is 685 g/mol. The van der Waals surface area contributed by atoms with Crippen molar-refractivity contribution in [2.75, 3.05) is 0 Å². The van der Waals surface area contributed by atoms with Crippen molar-refractivity contribution in [3.8, 4) is 28.7 Å². The summed E-state index contributed by atoms with van der Waals surface area (Å²) in [5.74, 6) is 2.45. The van der Waals surface area contributed by atoms with Gasteiger partial charge in [-0.3, -0.25) is 4.57 Å². The van der Waals surface area contributed by atoms with Crippen molar-refractivity contribution in [3.05, 3.63) is 149 Å². The van der Waals surface area contributed by atoms with E-state index in [4.69, 9.17) is 9.72 Å². The number of nitrogens with zero attached hydrogens (tertiary/aromatic N) is 4. The molecule has 0 aliphatic carbocycles. The van der Waals surface area contributed by atoms with Crippen molar-refractivity contribution in [2.45, 2.75) is 99.3 Å². The highest BCUT2D eigenvalue weighted by Crippen LogP contribution is 2.38. The highest BCUT2D eigenvalue weighted by Gasteiger charge is 2.32. The summed E-state index contributed by atoms with van der Waals surface area (Å²) in [5, 5.41) is 2.36. The lowest BCUT2D eigenvalue weighted by atomic mass is 9.80. The largest absolute Gasteiger partial charge is 0.457 e. The van der Waals surface area contributed by atoms with E-state index in [2.05, 4.69) is 200 Å². The van der Waals surface area contributed by atoms with Crippen molar-refractivity contribution in [3.63, 3.8) is 0 Å². The van der Waals surface area contributed by atoms with E-state index in [0.29, 0.717) is 0 Å². The maximum absolute atomic E-state index is 6.77. The molecule has 8 aromatic rings. The molecule has 0 aliphatic heterocycles. The summed E-state index contributed by atoms with van der Waals surface area (Å²) < 4.78 is 13.8. The molecule has 0 aliphatic rings. The third-order valence-electron chi connectivity index (χ3n) is 11.2. The van der Waals surface area contributed by atoms with Crippen LogP contribution < -0.4 is 9.30 Å². The van der Waals surface area contributed by atoms with Crippen LogP contribution in [0, 0.1) is 20.8 Å². The molecule has 3 aromatic heterocycles. The molecule has 5 heteroatoms. The first-order chi connectivity index (χ1) is 26.4. The number of para-hydroxylation sites is 1. The van der Waals surface area contributed by atoms with Gasteiger partial charge in [0.2, 0.25) is 0 Å². The molecular formula is C51H55N4O+. The Labute approximate surface area is 332 Å². The molecule has 0 spiro atoms. The summed E-state index contributed by atoms with van der Waals surface area (Å²) in [7, 11) is 0. The molecule has 0 unspecified atom stereocenters. The Morgan fingerprint density at radius 1 is 0.571 bits per heavy atom. The molecule has 3 heterocycles. The van der Waals surface area contributed by atoms with Gasteiger partial charge in [-0.15, -0.1) is 0 Å². The normalized spacial score (nSPS) is 12.6. The molecule has 8 rings (SSSR count).